The molecular formula is C21H26ClNO2. The van der Waals surface area contributed by atoms with Crippen molar-refractivity contribution in [3.63, 3.8) is 0 Å². The van der Waals surface area contributed by atoms with Crippen LogP contribution in [0.5, 0.6) is 11.5 Å². The minimum absolute atomic E-state index is 0.124. The van der Waals surface area contributed by atoms with Gasteiger partial charge in [-0.1, -0.05) is 53.1 Å². The van der Waals surface area contributed by atoms with Crippen molar-refractivity contribution in [3.05, 3.63) is 52.0 Å². The van der Waals surface area contributed by atoms with Gasteiger partial charge in [0.15, 0.2) is 0 Å². The Bertz CT molecular complexity index is 777. The molecule has 0 amide bonds. The van der Waals surface area contributed by atoms with E-state index >= 15 is 0 Å². The van der Waals surface area contributed by atoms with Gasteiger partial charge in [-0.15, -0.1) is 0 Å². The van der Waals surface area contributed by atoms with E-state index in [0.29, 0.717) is 16.3 Å². The normalized spacial score (nSPS) is 12.8. The lowest BCUT2D eigenvalue weighted by molar-refractivity contribution is 0.423. The predicted molar refractivity (Wildman–Crippen MR) is 106 cm³/mol. The molecule has 2 aromatic carbocycles. The van der Waals surface area contributed by atoms with Gasteiger partial charge in [-0.2, -0.15) is 0 Å². The van der Waals surface area contributed by atoms with Gasteiger partial charge in [0.25, 0.3) is 0 Å². The number of aliphatic imine (C=N–C) groups is 1. The van der Waals surface area contributed by atoms with Gasteiger partial charge in [-0.05, 0) is 41.2 Å². The van der Waals surface area contributed by atoms with E-state index in [4.69, 9.17) is 11.6 Å². The van der Waals surface area contributed by atoms with Crippen LogP contribution in [-0.4, -0.2) is 16.4 Å². The summed E-state index contributed by atoms with van der Waals surface area (Å²) in [6, 6.07) is 8.62. The molecule has 4 heteroatoms. The molecule has 0 unspecified atom stereocenters. The fourth-order valence-electron chi connectivity index (χ4n) is 2.61. The maximum absolute atomic E-state index is 10.7. The summed E-state index contributed by atoms with van der Waals surface area (Å²) in [6.07, 6.45) is 1.59. The van der Waals surface area contributed by atoms with Gasteiger partial charge in [0.2, 0.25) is 0 Å². The molecule has 0 heterocycles. The molecule has 3 nitrogen and oxygen atoms in total. The highest BCUT2D eigenvalue weighted by molar-refractivity contribution is 6.30. The Kier molecular flexibility index (Phi) is 5.19. The first-order valence-electron chi connectivity index (χ1n) is 8.30. The zero-order valence-corrected chi connectivity index (χ0v) is 16.4. The standard InChI is InChI=1S/C21H26ClNO2/c1-20(2,3)16-10-15(11-17(19(16)25)21(4,5)6)23-12-13-9-14(22)7-8-18(13)24/h7-12,24-25H,1-6H3. The molecule has 0 spiro atoms. The van der Waals surface area contributed by atoms with Crippen LogP contribution in [0.2, 0.25) is 5.02 Å². The molecule has 2 N–H and O–H groups in total. The molecule has 0 saturated carbocycles. The Morgan fingerprint density at radius 1 is 0.880 bits per heavy atom. The summed E-state index contributed by atoms with van der Waals surface area (Å²) >= 11 is 5.98. The summed E-state index contributed by atoms with van der Waals surface area (Å²) in [5, 5.41) is 21.2. The van der Waals surface area contributed by atoms with Crippen LogP contribution in [0.15, 0.2) is 35.3 Å². The molecule has 2 rings (SSSR count). The molecule has 0 bridgehead atoms. The summed E-state index contributed by atoms with van der Waals surface area (Å²) in [7, 11) is 0. The Morgan fingerprint density at radius 3 is 1.88 bits per heavy atom. The quantitative estimate of drug-likeness (QED) is 0.637. The van der Waals surface area contributed by atoms with Gasteiger partial charge in [0.1, 0.15) is 11.5 Å². The highest BCUT2D eigenvalue weighted by atomic mass is 35.5. The van der Waals surface area contributed by atoms with Crippen molar-refractivity contribution >= 4 is 23.5 Å². The van der Waals surface area contributed by atoms with Crippen LogP contribution >= 0.6 is 11.6 Å². The molecule has 0 fully saturated rings. The summed E-state index contributed by atoms with van der Waals surface area (Å²) in [4.78, 5) is 4.51. The number of halogens is 1. The van der Waals surface area contributed by atoms with Gasteiger partial charge in [-0.3, -0.25) is 4.99 Å². The maximum Gasteiger partial charge on any atom is 0.124 e. The first-order valence-corrected chi connectivity index (χ1v) is 8.68. The van der Waals surface area contributed by atoms with E-state index in [-0.39, 0.29) is 16.6 Å². The highest BCUT2D eigenvalue weighted by Gasteiger charge is 2.26. The number of nitrogens with zero attached hydrogens (tertiary/aromatic N) is 1. The zero-order valence-electron chi connectivity index (χ0n) is 15.7. The van der Waals surface area contributed by atoms with Crippen molar-refractivity contribution in [3.8, 4) is 11.5 Å². The van der Waals surface area contributed by atoms with Crippen LogP contribution in [0, 0.1) is 0 Å². The van der Waals surface area contributed by atoms with Crippen LogP contribution in [0.1, 0.15) is 58.2 Å². The number of hydrogen-bond acceptors (Lipinski definition) is 3. The largest absolute Gasteiger partial charge is 0.507 e. The smallest absolute Gasteiger partial charge is 0.124 e. The van der Waals surface area contributed by atoms with Crippen LogP contribution in [0.25, 0.3) is 0 Å². The molecular weight excluding hydrogens is 334 g/mol. The SMILES string of the molecule is CC(C)(C)c1cc(N=Cc2cc(Cl)ccc2O)cc(C(C)(C)C)c1O. The van der Waals surface area contributed by atoms with Gasteiger partial charge < -0.3 is 10.2 Å². The molecule has 0 aliphatic heterocycles. The van der Waals surface area contributed by atoms with Crippen molar-refractivity contribution < 1.29 is 10.2 Å². The van der Waals surface area contributed by atoms with Crippen LogP contribution < -0.4 is 0 Å². The fraction of sp³-hybridized carbons (Fsp3) is 0.381. The van der Waals surface area contributed by atoms with Gasteiger partial charge in [0, 0.05) is 27.9 Å². The van der Waals surface area contributed by atoms with Crippen molar-refractivity contribution in [2.24, 2.45) is 4.99 Å². The van der Waals surface area contributed by atoms with Gasteiger partial charge in [0.05, 0.1) is 5.69 Å². The van der Waals surface area contributed by atoms with Crippen molar-refractivity contribution in [2.75, 3.05) is 0 Å². The number of phenolic OH excluding ortho intramolecular Hbond substituents is 2. The van der Waals surface area contributed by atoms with Crippen molar-refractivity contribution in [1.29, 1.82) is 0 Å². The second kappa shape index (κ2) is 6.72. The van der Waals surface area contributed by atoms with E-state index in [1.54, 1.807) is 24.4 Å². The first-order chi connectivity index (χ1) is 11.4. The topological polar surface area (TPSA) is 52.8 Å². The second-order valence-corrected chi connectivity index (χ2v) is 8.79. The molecule has 0 aliphatic rings. The molecule has 25 heavy (non-hydrogen) atoms. The van der Waals surface area contributed by atoms with Gasteiger partial charge in [-0.25, -0.2) is 0 Å². The number of rotatable bonds is 2. The van der Waals surface area contributed by atoms with Crippen LogP contribution in [-0.2, 0) is 10.8 Å². The van der Waals surface area contributed by atoms with Crippen LogP contribution in [0.4, 0.5) is 5.69 Å². The minimum Gasteiger partial charge on any atom is -0.507 e. The number of benzene rings is 2. The molecule has 2 aromatic rings. The Hall–Kier alpha value is -2.00. The summed E-state index contributed by atoms with van der Waals surface area (Å²) in [5.74, 6) is 0.448. The average molecular weight is 360 g/mol. The molecule has 0 saturated heterocycles. The third kappa shape index (κ3) is 4.55. The lowest BCUT2D eigenvalue weighted by atomic mass is 9.79. The van der Waals surface area contributed by atoms with Crippen molar-refractivity contribution in [2.45, 2.75) is 52.4 Å². The molecule has 0 aromatic heterocycles. The average Bonchev–Trinajstić information content (AvgIpc) is 2.47. The van der Waals surface area contributed by atoms with Gasteiger partial charge >= 0.3 is 0 Å². The number of phenols is 2. The minimum atomic E-state index is -0.214. The van der Waals surface area contributed by atoms with E-state index in [1.807, 2.05) is 12.1 Å². The summed E-state index contributed by atoms with van der Waals surface area (Å²) in [6.45, 7) is 12.4. The Balaban J connectivity index is 2.58. The Labute approximate surface area is 155 Å². The third-order valence-corrected chi connectivity index (χ3v) is 4.29. The summed E-state index contributed by atoms with van der Waals surface area (Å²) in [5.41, 5.74) is 2.55. The number of hydrogen-bond donors (Lipinski definition) is 2. The second-order valence-electron chi connectivity index (χ2n) is 8.35. The maximum atomic E-state index is 10.7. The van der Waals surface area contributed by atoms with E-state index in [9.17, 15) is 10.2 Å². The summed E-state index contributed by atoms with van der Waals surface area (Å²) < 4.78 is 0. The predicted octanol–water partition coefficient (Wildman–Crippen LogP) is 6.10. The van der Waals surface area contributed by atoms with Crippen LogP contribution in [0.3, 0.4) is 0 Å². The highest BCUT2D eigenvalue weighted by Crippen LogP contribution is 2.41. The van der Waals surface area contributed by atoms with E-state index < -0.39 is 0 Å². The van der Waals surface area contributed by atoms with Crippen molar-refractivity contribution in [1.82, 2.24) is 0 Å². The number of aromatic hydroxyl groups is 2. The molecule has 0 aliphatic carbocycles. The monoisotopic (exact) mass is 359 g/mol. The lowest BCUT2D eigenvalue weighted by Crippen LogP contribution is -2.16. The molecule has 0 radical (unpaired) electrons. The van der Waals surface area contributed by atoms with E-state index in [1.165, 1.54) is 0 Å². The lowest BCUT2D eigenvalue weighted by Gasteiger charge is -2.27. The zero-order chi connectivity index (χ0) is 19.0. The first kappa shape index (κ1) is 19.3. The Morgan fingerprint density at radius 2 is 1.40 bits per heavy atom. The fourth-order valence-corrected chi connectivity index (χ4v) is 2.79. The molecule has 0 atom stereocenters. The third-order valence-electron chi connectivity index (χ3n) is 4.05. The van der Waals surface area contributed by atoms with E-state index in [0.717, 1.165) is 16.8 Å². The van der Waals surface area contributed by atoms with E-state index in [2.05, 4.69) is 46.5 Å². The molecule has 134 valence electrons.